The summed E-state index contributed by atoms with van der Waals surface area (Å²) in [5.74, 6) is 1.81. The van der Waals surface area contributed by atoms with E-state index >= 15 is 0 Å². The first-order chi connectivity index (χ1) is 12.7. The van der Waals surface area contributed by atoms with Crippen molar-refractivity contribution in [1.29, 1.82) is 0 Å². The number of nitrogens with one attached hydrogen (secondary N) is 2. The molecule has 0 aromatic carbocycles. The van der Waals surface area contributed by atoms with E-state index in [1.54, 1.807) is 11.9 Å². The van der Waals surface area contributed by atoms with Crippen LogP contribution in [-0.2, 0) is 4.79 Å². The zero-order valence-corrected chi connectivity index (χ0v) is 18.4. The predicted molar refractivity (Wildman–Crippen MR) is 113 cm³/mol. The molecule has 1 heterocycles. The van der Waals surface area contributed by atoms with E-state index in [4.69, 9.17) is 0 Å². The van der Waals surface area contributed by atoms with Crippen molar-refractivity contribution < 1.29 is 4.79 Å². The highest BCUT2D eigenvalue weighted by molar-refractivity contribution is 5.85. The number of hydrogen-bond acceptors (Lipinski definition) is 3. The van der Waals surface area contributed by atoms with Crippen LogP contribution in [0.3, 0.4) is 0 Å². The van der Waals surface area contributed by atoms with E-state index in [-0.39, 0.29) is 16.9 Å². The van der Waals surface area contributed by atoms with Gasteiger partial charge in [-0.1, -0.05) is 19.8 Å². The number of guanidine groups is 1. The summed E-state index contributed by atoms with van der Waals surface area (Å²) in [5, 5.41) is 6.95. The second-order valence-corrected chi connectivity index (χ2v) is 9.47. The number of aliphatic imine (C=N–C) groups is 1. The summed E-state index contributed by atoms with van der Waals surface area (Å²) in [7, 11) is 5.52. The van der Waals surface area contributed by atoms with Crippen LogP contribution in [0.1, 0.15) is 59.3 Å². The molecule has 6 nitrogen and oxygen atoms in total. The first-order valence-corrected chi connectivity index (χ1v) is 10.6. The van der Waals surface area contributed by atoms with Gasteiger partial charge in [-0.25, -0.2) is 0 Å². The molecule has 1 aliphatic heterocycles. The molecule has 1 saturated carbocycles. The van der Waals surface area contributed by atoms with Crippen LogP contribution in [0.5, 0.6) is 0 Å². The van der Waals surface area contributed by atoms with Gasteiger partial charge in [0.25, 0.3) is 0 Å². The molecule has 0 bridgehead atoms. The lowest BCUT2D eigenvalue weighted by molar-refractivity contribution is -0.138. The van der Waals surface area contributed by atoms with E-state index in [0.29, 0.717) is 6.54 Å². The molecule has 0 aromatic heterocycles. The van der Waals surface area contributed by atoms with Crippen LogP contribution in [0.4, 0.5) is 0 Å². The topological polar surface area (TPSA) is 60.0 Å². The van der Waals surface area contributed by atoms with E-state index in [9.17, 15) is 4.79 Å². The summed E-state index contributed by atoms with van der Waals surface area (Å²) >= 11 is 0. The van der Waals surface area contributed by atoms with Crippen LogP contribution >= 0.6 is 0 Å². The maximum Gasteiger partial charge on any atom is 0.230 e. The zero-order valence-electron chi connectivity index (χ0n) is 18.4. The van der Waals surface area contributed by atoms with Gasteiger partial charge in [0, 0.05) is 46.3 Å². The number of carbonyl (C=O) groups excluding carboxylic acids is 1. The Hall–Kier alpha value is -1.30. The highest BCUT2D eigenvalue weighted by Crippen LogP contribution is 2.38. The number of piperidine rings is 1. The van der Waals surface area contributed by atoms with Crippen molar-refractivity contribution in [2.24, 2.45) is 16.3 Å². The second-order valence-electron chi connectivity index (χ2n) is 9.47. The van der Waals surface area contributed by atoms with Crippen molar-refractivity contribution >= 4 is 11.9 Å². The van der Waals surface area contributed by atoms with E-state index in [1.807, 2.05) is 14.1 Å². The number of carbonyl (C=O) groups is 1. The van der Waals surface area contributed by atoms with E-state index in [0.717, 1.165) is 44.1 Å². The summed E-state index contributed by atoms with van der Waals surface area (Å²) < 4.78 is 0. The molecule has 1 saturated heterocycles. The van der Waals surface area contributed by atoms with Gasteiger partial charge in [-0.2, -0.15) is 0 Å². The molecule has 2 rings (SSSR count). The molecule has 1 aliphatic carbocycles. The Kier molecular flexibility index (Phi) is 7.55. The number of amides is 1. The van der Waals surface area contributed by atoms with Crippen LogP contribution in [0.25, 0.3) is 0 Å². The van der Waals surface area contributed by atoms with Gasteiger partial charge < -0.3 is 15.5 Å². The van der Waals surface area contributed by atoms with Crippen molar-refractivity contribution in [1.82, 2.24) is 20.4 Å². The maximum atomic E-state index is 12.7. The van der Waals surface area contributed by atoms with Gasteiger partial charge >= 0.3 is 0 Å². The molecule has 0 spiro atoms. The van der Waals surface area contributed by atoms with Crippen LogP contribution in [-0.4, -0.2) is 74.5 Å². The number of hydrogen-bond donors (Lipinski definition) is 2. The van der Waals surface area contributed by atoms with Crippen molar-refractivity contribution in [2.75, 3.05) is 47.3 Å². The van der Waals surface area contributed by atoms with Gasteiger partial charge in [0.15, 0.2) is 5.96 Å². The maximum absolute atomic E-state index is 12.7. The first kappa shape index (κ1) is 22.0. The molecule has 1 unspecified atom stereocenters. The largest absolute Gasteiger partial charge is 0.355 e. The van der Waals surface area contributed by atoms with Crippen LogP contribution in [0.2, 0.25) is 0 Å². The zero-order chi connectivity index (χ0) is 20.1. The Morgan fingerprint density at radius 2 is 1.89 bits per heavy atom. The molecule has 2 N–H and O–H groups in total. The first-order valence-electron chi connectivity index (χ1n) is 10.6. The molecule has 2 fully saturated rings. The lowest BCUT2D eigenvalue weighted by Crippen LogP contribution is -2.56. The summed E-state index contributed by atoms with van der Waals surface area (Å²) in [6.45, 7) is 10.8. The lowest BCUT2D eigenvalue weighted by atomic mass is 9.84. The van der Waals surface area contributed by atoms with E-state index < -0.39 is 0 Å². The highest BCUT2D eigenvalue weighted by atomic mass is 16.2. The second kappa shape index (κ2) is 9.26. The summed E-state index contributed by atoms with van der Waals surface area (Å²) in [5.41, 5.74) is -0.199. The van der Waals surface area contributed by atoms with Gasteiger partial charge in [0.2, 0.25) is 5.91 Å². The molecular weight excluding hydrogens is 338 g/mol. The average Bonchev–Trinajstić information content (AvgIpc) is 3.11. The quantitative estimate of drug-likeness (QED) is 0.549. The van der Waals surface area contributed by atoms with E-state index in [2.05, 4.69) is 41.3 Å². The fourth-order valence-corrected chi connectivity index (χ4v) is 4.62. The summed E-state index contributed by atoms with van der Waals surface area (Å²) in [6, 6.07) is 0. The third kappa shape index (κ3) is 5.59. The number of likely N-dealkylation sites (tertiary alicyclic amines) is 1. The summed E-state index contributed by atoms with van der Waals surface area (Å²) in [6.07, 6.45) is 6.81. The lowest BCUT2D eigenvalue weighted by Gasteiger charge is -2.43. The van der Waals surface area contributed by atoms with Crippen LogP contribution < -0.4 is 10.6 Å². The molecular formula is C21H41N5O. The number of nitrogens with zero attached hydrogens (tertiary/aromatic N) is 3. The molecule has 0 radical (unpaired) electrons. The SMILES string of the molecule is CN=C(NCC1(C(=O)N(C)C)CCCC1)NCC(C)(C)N1CCCC(C)C1. The van der Waals surface area contributed by atoms with Crippen molar-refractivity contribution in [2.45, 2.75) is 64.8 Å². The Morgan fingerprint density at radius 3 is 2.44 bits per heavy atom. The fourth-order valence-electron chi connectivity index (χ4n) is 4.62. The van der Waals surface area contributed by atoms with Crippen molar-refractivity contribution in [3.05, 3.63) is 0 Å². The molecule has 6 heteroatoms. The van der Waals surface area contributed by atoms with Gasteiger partial charge in [-0.05, 0) is 52.0 Å². The Morgan fingerprint density at radius 1 is 1.22 bits per heavy atom. The minimum absolute atomic E-state index is 0.0802. The molecule has 27 heavy (non-hydrogen) atoms. The smallest absolute Gasteiger partial charge is 0.230 e. The standard InChI is InChI=1S/C21H41N5O/c1-17-10-9-13-26(14-17)20(2,3)15-23-19(22-4)24-16-21(11-7-8-12-21)18(27)25(5)6/h17H,7-16H2,1-6H3,(H2,22,23,24). The Balaban J connectivity index is 1.90. The van der Waals surface area contributed by atoms with E-state index in [1.165, 1.54) is 25.9 Å². The molecule has 156 valence electrons. The third-order valence-corrected chi connectivity index (χ3v) is 6.44. The number of rotatable bonds is 6. The van der Waals surface area contributed by atoms with Crippen LogP contribution in [0, 0.1) is 11.3 Å². The molecule has 1 amide bonds. The minimum atomic E-state index is -0.279. The van der Waals surface area contributed by atoms with Crippen molar-refractivity contribution in [3.8, 4) is 0 Å². The Labute approximate surface area is 166 Å². The van der Waals surface area contributed by atoms with Gasteiger partial charge in [-0.3, -0.25) is 14.7 Å². The Bertz CT molecular complexity index is 523. The predicted octanol–water partition coefficient (Wildman–Crippen LogP) is 2.31. The molecule has 0 aromatic rings. The van der Waals surface area contributed by atoms with Gasteiger partial charge in [-0.15, -0.1) is 0 Å². The normalized spacial score (nSPS) is 23.9. The van der Waals surface area contributed by atoms with Gasteiger partial charge in [0.1, 0.15) is 0 Å². The fraction of sp³-hybridized carbons (Fsp3) is 0.905. The minimum Gasteiger partial charge on any atom is -0.355 e. The van der Waals surface area contributed by atoms with Crippen molar-refractivity contribution in [3.63, 3.8) is 0 Å². The molecule has 2 aliphatic rings. The highest BCUT2D eigenvalue weighted by Gasteiger charge is 2.42. The molecule has 1 atom stereocenters. The third-order valence-electron chi connectivity index (χ3n) is 6.44. The van der Waals surface area contributed by atoms with Gasteiger partial charge in [0.05, 0.1) is 5.41 Å². The average molecular weight is 380 g/mol. The summed E-state index contributed by atoms with van der Waals surface area (Å²) in [4.78, 5) is 21.5. The monoisotopic (exact) mass is 379 g/mol. The van der Waals surface area contributed by atoms with Crippen LogP contribution in [0.15, 0.2) is 4.99 Å².